The molecule has 2 saturated heterocycles. The molecule has 1 amide bonds. The number of likely N-dealkylation sites (tertiary alicyclic amines) is 1. The number of piperidine rings is 1. The molecule has 0 aromatic heterocycles. The van der Waals surface area contributed by atoms with E-state index in [-0.39, 0.29) is 62.9 Å². The van der Waals surface area contributed by atoms with Crippen LogP contribution in [-0.2, 0) is 44.0 Å². The monoisotopic (exact) mass is 723 g/mol. The molecule has 15 heteroatoms. The molecule has 3 aromatic carbocycles. The molecule has 0 spiro atoms. The highest BCUT2D eigenvalue weighted by Gasteiger charge is 2.57. The van der Waals surface area contributed by atoms with Crippen LogP contribution >= 0.6 is 0 Å². The van der Waals surface area contributed by atoms with Gasteiger partial charge in [0.1, 0.15) is 12.1 Å². The van der Waals surface area contributed by atoms with Crippen LogP contribution < -0.4 is 0 Å². The lowest BCUT2D eigenvalue weighted by Crippen LogP contribution is -2.65. The maximum Gasteiger partial charge on any atom is 0.416 e. The van der Waals surface area contributed by atoms with Crippen LogP contribution in [0.25, 0.3) is 0 Å². The van der Waals surface area contributed by atoms with Crippen LogP contribution in [-0.4, -0.2) is 54.7 Å². The summed E-state index contributed by atoms with van der Waals surface area (Å²) < 4.78 is 120. The SMILES string of the molecule is C[C@@H](OCC[C@@]1(c2ccccc2)CC[C@](C#N)(N2CCCS2(=O)=O)CN1C(=O)OCc1ccccc1)c1cc(C(F)(F)F)cc(C(F)(F)F)c1. The number of amides is 1. The summed E-state index contributed by atoms with van der Waals surface area (Å²) in [5.41, 5.74) is -4.88. The molecule has 5 rings (SSSR count). The van der Waals surface area contributed by atoms with Gasteiger partial charge in [0.15, 0.2) is 0 Å². The Labute approximate surface area is 286 Å². The van der Waals surface area contributed by atoms with E-state index in [4.69, 9.17) is 9.47 Å². The summed E-state index contributed by atoms with van der Waals surface area (Å²) in [5.74, 6) is -0.143. The molecule has 3 atom stereocenters. The van der Waals surface area contributed by atoms with E-state index >= 15 is 0 Å². The third-order valence-corrected chi connectivity index (χ3v) is 11.4. The second-order valence-electron chi connectivity index (χ2n) is 12.5. The first-order chi connectivity index (χ1) is 23.5. The summed E-state index contributed by atoms with van der Waals surface area (Å²) in [6.07, 6.45) is -11.7. The fourth-order valence-electron chi connectivity index (χ4n) is 6.72. The Balaban J connectivity index is 1.49. The molecule has 0 aliphatic carbocycles. The number of carbonyl (C=O) groups excluding carboxylic acids is 1. The minimum absolute atomic E-state index is 0.0128. The average molecular weight is 724 g/mol. The maximum atomic E-state index is 14.1. The van der Waals surface area contributed by atoms with Crippen molar-refractivity contribution in [1.29, 1.82) is 5.26 Å². The molecule has 0 bridgehead atoms. The van der Waals surface area contributed by atoms with Crippen LogP contribution in [0.3, 0.4) is 0 Å². The van der Waals surface area contributed by atoms with E-state index in [9.17, 15) is 44.8 Å². The number of carbonyl (C=O) groups is 1. The number of benzene rings is 3. The summed E-state index contributed by atoms with van der Waals surface area (Å²) in [7, 11) is -3.80. The van der Waals surface area contributed by atoms with Gasteiger partial charge in [0.05, 0.1) is 41.1 Å². The lowest BCUT2D eigenvalue weighted by Gasteiger charge is -2.53. The lowest BCUT2D eigenvalue weighted by atomic mass is 9.73. The molecule has 3 aromatic rings. The van der Waals surface area contributed by atoms with E-state index in [1.54, 1.807) is 60.7 Å². The molecule has 0 radical (unpaired) electrons. The number of halogens is 6. The van der Waals surface area contributed by atoms with Gasteiger partial charge in [-0.15, -0.1) is 0 Å². The van der Waals surface area contributed by atoms with E-state index in [1.807, 2.05) is 0 Å². The van der Waals surface area contributed by atoms with Gasteiger partial charge in [-0.05, 0) is 67.5 Å². The number of hydrogen-bond acceptors (Lipinski definition) is 6. The van der Waals surface area contributed by atoms with Gasteiger partial charge in [-0.2, -0.15) is 35.9 Å². The number of alkyl halides is 6. The van der Waals surface area contributed by atoms with Gasteiger partial charge in [0, 0.05) is 13.2 Å². The molecule has 2 aliphatic heterocycles. The first kappa shape index (κ1) is 37.1. The third kappa shape index (κ3) is 7.77. The van der Waals surface area contributed by atoms with Crippen molar-refractivity contribution < 1.29 is 49.0 Å². The zero-order valence-corrected chi connectivity index (χ0v) is 27.8. The molecular weight excluding hydrogens is 688 g/mol. The second-order valence-corrected chi connectivity index (χ2v) is 14.5. The Kier molecular flexibility index (Phi) is 10.6. The van der Waals surface area contributed by atoms with Gasteiger partial charge in [0.25, 0.3) is 0 Å². The Bertz CT molecular complexity index is 1790. The summed E-state index contributed by atoms with van der Waals surface area (Å²) in [6.45, 7) is 0.698. The minimum atomic E-state index is -5.04. The number of sulfonamides is 1. The zero-order valence-electron chi connectivity index (χ0n) is 27.0. The highest BCUT2D eigenvalue weighted by molar-refractivity contribution is 7.89. The van der Waals surface area contributed by atoms with E-state index in [0.29, 0.717) is 29.7 Å². The molecule has 268 valence electrons. The van der Waals surface area contributed by atoms with Crippen molar-refractivity contribution in [2.75, 3.05) is 25.4 Å². The van der Waals surface area contributed by atoms with Crippen molar-refractivity contribution in [2.45, 2.75) is 68.7 Å². The molecule has 0 N–H and O–H groups in total. The topological polar surface area (TPSA) is 99.9 Å². The fourth-order valence-corrected chi connectivity index (χ4v) is 8.56. The molecule has 50 heavy (non-hydrogen) atoms. The van der Waals surface area contributed by atoms with Crippen molar-refractivity contribution in [3.05, 3.63) is 107 Å². The summed E-state index contributed by atoms with van der Waals surface area (Å²) >= 11 is 0. The molecule has 8 nitrogen and oxygen atoms in total. The van der Waals surface area contributed by atoms with Crippen LogP contribution in [0.1, 0.15) is 66.5 Å². The molecule has 0 saturated carbocycles. The van der Waals surface area contributed by atoms with E-state index in [1.165, 1.54) is 11.8 Å². The van der Waals surface area contributed by atoms with E-state index in [2.05, 4.69) is 6.07 Å². The molecular formula is C35H35F6N3O5S. The lowest BCUT2D eigenvalue weighted by molar-refractivity contribution is -0.143. The third-order valence-electron chi connectivity index (χ3n) is 9.37. The number of hydrogen-bond donors (Lipinski definition) is 0. The normalized spacial score (nSPS) is 23.3. The summed E-state index contributed by atoms with van der Waals surface area (Å²) in [5, 5.41) is 10.5. The maximum absolute atomic E-state index is 14.1. The van der Waals surface area contributed by atoms with Crippen LogP contribution in [0.2, 0.25) is 0 Å². The predicted molar refractivity (Wildman–Crippen MR) is 170 cm³/mol. The van der Waals surface area contributed by atoms with Crippen LogP contribution in [0.4, 0.5) is 31.1 Å². The summed E-state index contributed by atoms with van der Waals surface area (Å²) in [6, 6.07) is 20.9. The van der Waals surface area contributed by atoms with Crippen molar-refractivity contribution in [2.24, 2.45) is 0 Å². The van der Waals surface area contributed by atoms with Gasteiger partial charge < -0.3 is 9.47 Å². The van der Waals surface area contributed by atoms with Gasteiger partial charge in [-0.3, -0.25) is 4.90 Å². The van der Waals surface area contributed by atoms with Crippen molar-refractivity contribution in [3.8, 4) is 6.07 Å². The molecule has 2 fully saturated rings. The van der Waals surface area contributed by atoms with Gasteiger partial charge in [-0.1, -0.05) is 60.7 Å². The highest BCUT2D eigenvalue weighted by atomic mass is 32.2. The smallest absolute Gasteiger partial charge is 0.416 e. The van der Waals surface area contributed by atoms with Crippen LogP contribution in [0, 0.1) is 11.3 Å². The van der Waals surface area contributed by atoms with Crippen LogP contribution in [0.5, 0.6) is 0 Å². The molecule has 2 aliphatic rings. The average Bonchev–Trinajstić information content (AvgIpc) is 3.46. The first-order valence-corrected chi connectivity index (χ1v) is 17.5. The van der Waals surface area contributed by atoms with Crippen molar-refractivity contribution in [3.63, 3.8) is 0 Å². The Morgan fingerprint density at radius 2 is 1.54 bits per heavy atom. The van der Waals surface area contributed by atoms with E-state index in [0.717, 1.165) is 4.31 Å². The van der Waals surface area contributed by atoms with Crippen molar-refractivity contribution in [1.82, 2.24) is 9.21 Å². The Morgan fingerprint density at radius 3 is 2.08 bits per heavy atom. The molecule has 2 heterocycles. The highest BCUT2D eigenvalue weighted by Crippen LogP contribution is 2.47. The Morgan fingerprint density at radius 1 is 0.940 bits per heavy atom. The number of nitrogens with zero attached hydrogens (tertiary/aromatic N) is 3. The Hall–Kier alpha value is -4.13. The largest absolute Gasteiger partial charge is 0.445 e. The van der Waals surface area contributed by atoms with Gasteiger partial charge in [-0.25, -0.2) is 13.2 Å². The van der Waals surface area contributed by atoms with Crippen molar-refractivity contribution >= 4 is 16.1 Å². The second kappa shape index (κ2) is 14.2. The van der Waals surface area contributed by atoms with E-state index < -0.39 is 56.8 Å². The standard InChI is InChI=1S/C35H35F6N3O5S/c1-25(27-19-29(34(36,37)38)21-30(20-27)35(39,40)41)48-17-15-33(28-11-6-3-7-12-28)14-13-32(23-42,44-16-8-18-50(44,46)47)24-43(33)31(45)49-22-26-9-4-2-5-10-26/h2-7,9-12,19-21,25H,8,13-18,22,24H2,1H3/t25-,32-,33-/m1/s1. The minimum Gasteiger partial charge on any atom is -0.445 e. The van der Waals surface area contributed by atoms with Gasteiger partial charge >= 0.3 is 18.4 Å². The molecule has 0 unspecified atom stereocenters. The predicted octanol–water partition coefficient (Wildman–Crippen LogP) is 7.82. The van der Waals surface area contributed by atoms with Crippen LogP contribution in [0.15, 0.2) is 78.9 Å². The zero-order chi connectivity index (χ0) is 36.4. The first-order valence-electron chi connectivity index (χ1n) is 15.9. The fraction of sp³-hybridized carbons (Fsp3) is 0.429. The number of nitriles is 1. The quantitative estimate of drug-likeness (QED) is 0.209. The van der Waals surface area contributed by atoms with Gasteiger partial charge in [0.2, 0.25) is 10.0 Å². The number of rotatable bonds is 9. The summed E-state index contributed by atoms with van der Waals surface area (Å²) in [4.78, 5) is 15.4. The number of ether oxygens (including phenoxy) is 2.